The first kappa shape index (κ1) is 11.8. The van der Waals surface area contributed by atoms with Crippen LogP contribution in [-0.4, -0.2) is 26.8 Å². The van der Waals surface area contributed by atoms with Crippen LogP contribution in [0.3, 0.4) is 0 Å². The van der Waals surface area contributed by atoms with Gasteiger partial charge in [0.15, 0.2) is 5.82 Å². The highest BCUT2D eigenvalue weighted by molar-refractivity contribution is 5.95. The van der Waals surface area contributed by atoms with Crippen LogP contribution in [0.4, 0.5) is 5.82 Å². The van der Waals surface area contributed by atoms with Gasteiger partial charge >= 0.3 is 5.97 Å². The third kappa shape index (κ3) is 2.09. The van der Waals surface area contributed by atoms with Crippen molar-refractivity contribution in [3.05, 3.63) is 16.8 Å². The van der Waals surface area contributed by atoms with Crippen molar-refractivity contribution in [2.75, 3.05) is 5.32 Å². The van der Waals surface area contributed by atoms with Gasteiger partial charge in [0.25, 0.3) is 0 Å². The van der Waals surface area contributed by atoms with Gasteiger partial charge in [0.2, 0.25) is 0 Å². The normalized spacial score (nSPS) is 17.4. The Morgan fingerprint density at radius 2 is 2.00 bits per heavy atom. The Labute approximate surface area is 100 Å². The van der Waals surface area contributed by atoms with Crippen molar-refractivity contribution in [2.24, 2.45) is 0 Å². The van der Waals surface area contributed by atoms with E-state index in [0.29, 0.717) is 17.1 Å². The van der Waals surface area contributed by atoms with E-state index >= 15 is 0 Å². The molecule has 0 aromatic carbocycles. The molecule has 0 unspecified atom stereocenters. The summed E-state index contributed by atoms with van der Waals surface area (Å²) in [7, 11) is 0. The zero-order valence-electron chi connectivity index (χ0n) is 10.4. The van der Waals surface area contributed by atoms with Crippen LogP contribution in [0.5, 0.6) is 0 Å². The predicted octanol–water partition coefficient (Wildman–Crippen LogP) is 2.15. The predicted molar refractivity (Wildman–Crippen MR) is 64.3 cm³/mol. The molecule has 2 rings (SSSR count). The molecule has 5 heteroatoms. The number of carboxylic acid groups (broad SMARTS) is 1. The molecule has 0 saturated heterocycles. The molecule has 0 radical (unpaired) electrons. The molecule has 1 aromatic heterocycles. The minimum Gasteiger partial charge on any atom is -0.478 e. The molecule has 1 aromatic rings. The van der Waals surface area contributed by atoms with Crippen LogP contribution in [-0.2, 0) is 0 Å². The van der Waals surface area contributed by atoms with E-state index in [4.69, 9.17) is 0 Å². The average Bonchev–Trinajstić information content (AvgIpc) is 2.21. The van der Waals surface area contributed by atoms with Crippen molar-refractivity contribution in [3.63, 3.8) is 0 Å². The molecular weight excluding hydrogens is 218 g/mol. The van der Waals surface area contributed by atoms with Crippen molar-refractivity contribution >= 4 is 11.8 Å². The number of anilines is 1. The first-order valence-electron chi connectivity index (χ1n) is 5.78. The molecule has 5 nitrogen and oxygen atoms in total. The highest BCUT2D eigenvalue weighted by Gasteiger charge is 2.33. The molecule has 92 valence electrons. The topological polar surface area (TPSA) is 75.1 Å². The lowest BCUT2D eigenvalue weighted by atomic mass is 9.78. The molecule has 1 aliphatic carbocycles. The first-order valence-corrected chi connectivity index (χ1v) is 5.78. The number of aryl methyl sites for hydroxylation is 1. The largest absolute Gasteiger partial charge is 0.478 e. The second kappa shape index (κ2) is 3.98. The third-order valence-electron chi connectivity index (χ3n) is 3.55. The fraction of sp³-hybridized carbons (Fsp3) is 0.583. The monoisotopic (exact) mass is 235 g/mol. The van der Waals surface area contributed by atoms with E-state index in [1.54, 1.807) is 13.8 Å². The van der Waals surface area contributed by atoms with Gasteiger partial charge < -0.3 is 10.4 Å². The van der Waals surface area contributed by atoms with Crippen molar-refractivity contribution in [1.82, 2.24) is 10.2 Å². The Balaban J connectivity index is 2.39. The second-order valence-corrected chi connectivity index (χ2v) is 4.98. The maximum absolute atomic E-state index is 11.3. The second-order valence-electron chi connectivity index (χ2n) is 4.98. The van der Waals surface area contributed by atoms with Gasteiger partial charge in [0.1, 0.15) is 5.56 Å². The van der Waals surface area contributed by atoms with E-state index in [2.05, 4.69) is 22.4 Å². The zero-order chi connectivity index (χ0) is 12.6. The Morgan fingerprint density at radius 1 is 1.35 bits per heavy atom. The van der Waals surface area contributed by atoms with Crippen LogP contribution in [0.15, 0.2) is 0 Å². The van der Waals surface area contributed by atoms with Crippen LogP contribution in [0.25, 0.3) is 0 Å². The summed E-state index contributed by atoms with van der Waals surface area (Å²) in [5, 5.41) is 20.4. The van der Waals surface area contributed by atoms with Gasteiger partial charge in [-0.15, -0.1) is 5.10 Å². The highest BCUT2D eigenvalue weighted by atomic mass is 16.4. The molecule has 1 aliphatic rings. The van der Waals surface area contributed by atoms with E-state index < -0.39 is 5.97 Å². The summed E-state index contributed by atoms with van der Waals surface area (Å²) in [5.41, 5.74) is 1.55. The lowest BCUT2D eigenvalue weighted by molar-refractivity contribution is 0.0696. The summed E-state index contributed by atoms with van der Waals surface area (Å²) < 4.78 is 0. The van der Waals surface area contributed by atoms with Gasteiger partial charge in [0, 0.05) is 5.54 Å². The summed E-state index contributed by atoms with van der Waals surface area (Å²) in [6.45, 7) is 5.62. The van der Waals surface area contributed by atoms with Crippen LogP contribution in [0.2, 0.25) is 0 Å². The number of carbonyl (C=O) groups is 1. The Bertz CT molecular complexity index is 467. The summed E-state index contributed by atoms with van der Waals surface area (Å²) in [6, 6.07) is 0. The van der Waals surface area contributed by atoms with E-state index in [0.717, 1.165) is 12.8 Å². The summed E-state index contributed by atoms with van der Waals surface area (Å²) in [5.74, 6) is -0.561. The summed E-state index contributed by atoms with van der Waals surface area (Å²) in [4.78, 5) is 11.3. The summed E-state index contributed by atoms with van der Waals surface area (Å²) >= 11 is 0. The SMILES string of the molecule is Cc1nnc(NC2(C)CCC2)c(C(=O)O)c1C. The first-order chi connectivity index (χ1) is 7.93. The van der Waals surface area contributed by atoms with Crippen LogP contribution in [0.1, 0.15) is 47.8 Å². The molecule has 0 amide bonds. The van der Waals surface area contributed by atoms with E-state index in [1.165, 1.54) is 6.42 Å². The molecule has 1 fully saturated rings. The molecular formula is C12H17N3O2. The third-order valence-corrected chi connectivity index (χ3v) is 3.55. The summed E-state index contributed by atoms with van der Waals surface area (Å²) in [6.07, 6.45) is 3.26. The van der Waals surface area contributed by atoms with Crippen molar-refractivity contribution < 1.29 is 9.90 Å². The smallest absolute Gasteiger partial charge is 0.339 e. The van der Waals surface area contributed by atoms with E-state index in [1.807, 2.05) is 0 Å². The molecule has 0 bridgehead atoms. The average molecular weight is 235 g/mol. The van der Waals surface area contributed by atoms with Gasteiger partial charge in [0.05, 0.1) is 5.69 Å². The number of hydrogen-bond donors (Lipinski definition) is 2. The molecule has 17 heavy (non-hydrogen) atoms. The Kier molecular flexibility index (Phi) is 2.77. The number of hydrogen-bond acceptors (Lipinski definition) is 4. The maximum atomic E-state index is 11.3. The Morgan fingerprint density at radius 3 is 2.47 bits per heavy atom. The molecule has 0 aliphatic heterocycles. The van der Waals surface area contributed by atoms with Crippen molar-refractivity contribution in [1.29, 1.82) is 0 Å². The standard InChI is InChI=1S/C12H17N3O2/c1-7-8(2)14-15-10(9(7)11(16)17)13-12(3)5-4-6-12/h4-6H2,1-3H3,(H,13,15)(H,16,17). The molecule has 1 heterocycles. The zero-order valence-corrected chi connectivity index (χ0v) is 10.4. The number of nitrogens with one attached hydrogen (secondary N) is 1. The fourth-order valence-corrected chi connectivity index (χ4v) is 2.08. The minimum absolute atomic E-state index is 0.0272. The van der Waals surface area contributed by atoms with Crippen molar-refractivity contribution in [3.8, 4) is 0 Å². The van der Waals surface area contributed by atoms with Gasteiger partial charge in [-0.25, -0.2) is 4.79 Å². The van der Waals surface area contributed by atoms with E-state index in [9.17, 15) is 9.90 Å². The lowest BCUT2D eigenvalue weighted by Crippen LogP contribution is -2.42. The van der Waals surface area contributed by atoms with E-state index in [-0.39, 0.29) is 11.1 Å². The number of carboxylic acids is 1. The quantitative estimate of drug-likeness (QED) is 0.839. The Hall–Kier alpha value is -1.65. The number of rotatable bonds is 3. The van der Waals surface area contributed by atoms with Crippen LogP contribution < -0.4 is 5.32 Å². The van der Waals surface area contributed by atoms with Gasteiger partial charge in [-0.1, -0.05) is 0 Å². The molecule has 0 spiro atoms. The van der Waals surface area contributed by atoms with Gasteiger partial charge in [-0.05, 0) is 45.6 Å². The molecule has 2 N–H and O–H groups in total. The lowest BCUT2D eigenvalue weighted by Gasteiger charge is -2.39. The number of aromatic nitrogens is 2. The fourth-order valence-electron chi connectivity index (χ4n) is 2.08. The highest BCUT2D eigenvalue weighted by Crippen LogP contribution is 2.35. The molecule has 1 saturated carbocycles. The molecule has 0 atom stereocenters. The number of aromatic carboxylic acids is 1. The number of nitrogens with zero attached hydrogens (tertiary/aromatic N) is 2. The van der Waals surface area contributed by atoms with Gasteiger partial charge in [-0.2, -0.15) is 5.10 Å². The maximum Gasteiger partial charge on any atom is 0.339 e. The van der Waals surface area contributed by atoms with Crippen LogP contribution >= 0.6 is 0 Å². The van der Waals surface area contributed by atoms with Crippen molar-refractivity contribution in [2.45, 2.75) is 45.6 Å². The minimum atomic E-state index is -0.953. The van der Waals surface area contributed by atoms with Gasteiger partial charge in [-0.3, -0.25) is 0 Å². The van der Waals surface area contributed by atoms with Crippen LogP contribution in [0, 0.1) is 13.8 Å².